The van der Waals surface area contributed by atoms with E-state index < -0.39 is 5.60 Å². The average Bonchev–Trinajstić information content (AvgIpc) is 2.41. The lowest BCUT2D eigenvalue weighted by atomic mass is 9.97. The third kappa shape index (κ3) is 4.15. The highest BCUT2D eigenvalue weighted by atomic mass is 19.1. The van der Waals surface area contributed by atoms with Gasteiger partial charge in [-0.15, -0.1) is 0 Å². The molecule has 2 aromatic carbocycles. The highest BCUT2D eigenvalue weighted by molar-refractivity contribution is 5.31. The highest BCUT2D eigenvalue weighted by Crippen LogP contribution is 2.22. The summed E-state index contributed by atoms with van der Waals surface area (Å²) in [7, 11) is 0. The minimum absolute atomic E-state index is 0.0665. The van der Waals surface area contributed by atoms with Crippen molar-refractivity contribution < 1.29 is 9.50 Å². The van der Waals surface area contributed by atoms with Crippen LogP contribution in [0, 0.1) is 5.82 Å². The van der Waals surface area contributed by atoms with Crippen LogP contribution in [0.5, 0.6) is 0 Å². The zero-order chi connectivity index (χ0) is 14.6. The maximum absolute atomic E-state index is 13.1. The van der Waals surface area contributed by atoms with Crippen LogP contribution in [0.4, 0.5) is 4.39 Å². The standard InChI is InChI=1S/C17H20FNO/c1-17(2,20)12-19-16(13-6-4-3-5-7-13)14-8-10-15(18)11-9-14/h3-11,16,19-20H,12H2,1-2H3. The lowest BCUT2D eigenvalue weighted by molar-refractivity contribution is 0.0777. The molecular weight excluding hydrogens is 253 g/mol. The molecule has 2 rings (SSSR count). The summed E-state index contributed by atoms with van der Waals surface area (Å²) >= 11 is 0. The predicted molar refractivity (Wildman–Crippen MR) is 79.0 cm³/mol. The molecule has 0 amide bonds. The Balaban J connectivity index is 2.27. The minimum atomic E-state index is -0.799. The van der Waals surface area contributed by atoms with Gasteiger partial charge in [-0.25, -0.2) is 4.39 Å². The van der Waals surface area contributed by atoms with Gasteiger partial charge in [-0.2, -0.15) is 0 Å². The molecule has 0 aliphatic rings. The Hall–Kier alpha value is -1.71. The average molecular weight is 273 g/mol. The van der Waals surface area contributed by atoms with Gasteiger partial charge < -0.3 is 10.4 Å². The second-order valence-electron chi connectivity index (χ2n) is 5.59. The van der Waals surface area contributed by atoms with Crippen LogP contribution in [0.25, 0.3) is 0 Å². The Morgan fingerprint density at radius 1 is 1.00 bits per heavy atom. The first kappa shape index (κ1) is 14.7. The summed E-state index contributed by atoms with van der Waals surface area (Å²) in [5.74, 6) is -0.247. The molecule has 0 heterocycles. The number of rotatable bonds is 5. The summed E-state index contributed by atoms with van der Waals surface area (Å²) in [6.07, 6.45) is 0. The van der Waals surface area contributed by atoms with Crippen LogP contribution in [-0.2, 0) is 0 Å². The molecule has 1 atom stereocenters. The number of nitrogens with one attached hydrogen (secondary N) is 1. The van der Waals surface area contributed by atoms with E-state index in [1.807, 2.05) is 30.3 Å². The van der Waals surface area contributed by atoms with Crippen molar-refractivity contribution in [2.24, 2.45) is 0 Å². The summed E-state index contributed by atoms with van der Waals surface area (Å²) < 4.78 is 13.1. The van der Waals surface area contributed by atoms with Gasteiger partial charge in [0.2, 0.25) is 0 Å². The van der Waals surface area contributed by atoms with Gasteiger partial charge in [-0.3, -0.25) is 0 Å². The van der Waals surface area contributed by atoms with Crippen molar-refractivity contribution in [2.45, 2.75) is 25.5 Å². The minimum Gasteiger partial charge on any atom is -0.389 e. The molecule has 0 spiro atoms. The van der Waals surface area contributed by atoms with E-state index in [9.17, 15) is 9.50 Å². The van der Waals surface area contributed by atoms with Crippen molar-refractivity contribution in [3.05, 3.63) is 71.5 Å². The van der Waals surface area contributed by atoms with Crippen molar-refractivity contribution >= 4 is 0 Å². The van der Waals surface area contributed by atoms with Gasteiger partial charge in [0.25, 0.3) is 0 Å². The second kappa shape index (κ2) is 6.16. The molecule has 0 radical (unpaired) electrons. The van der Waals surface area contributed by atoms with Gasteiger partial charge in [0, 0.05) is 6.54 Å². The Labute approximate surface area is 119 Å². The molecular formula is C17H20FNO. The molecule has 2 aromatic rings. The fourth-order valence-electron chi connectivity index (χ4n) is 2.08. The molecule has 1 unspecified atom stereocenters. The van der Waals surface area contributed by atoms with Crippen molar-refractivity contribution in [2.75, 3.05) is 6.54 Å². The molecule has 0 aliphatic carbocycles. The number of aliphatic hydroxyl groups is 1. The quantitative estimate of drug-likeness (QED) is 0.876. The fourth-order valence-corrected chi connectivity index (χ4v) is 2.08. The summed E-state index contributed by atoms with van der Waals surface area (Å²) in [5, 5.41) is 13.2. The monoisotopic (exact) mass is 273 g/mol. The molecule has 0 fully saturated rings. The van der Waals surface area contributed by atoms with Crippen molar-refractivity contribution in [3.63, 3.8) is 0 Å². The van der Waals surface area contributed by atoms with Gasteiger partial charge >= 0.3 is 0 Å². The van der Waals surface area contributed by atoms with Gasteiger partial charge in [0.05, 0.1) is 11.6 Å². The second-order valence-corrected chi connectivity index (χ2v) is 5.59. The molecule has 0 aliphatic heterocycles. The van der Waals surface area contributed by atoms with Crippen molar-refractivity contribution in [1.29, 1.82) is 0 Å². The summed E-state index contributed by atoms with van der Waals surface area (Å²) in [6.45, 7) is 3.96. The Bertz CT molecular complexity index is 531. The van der Waals surface area contributed by atoms with Crippen LogP contribution in [0.3, 0.4) is 0 Å². The van der Waals surface area contributed by atoms with Gasteiger partial charge in [0.15, 0.2) is 0 Å². The summed E-state index contributed by atoms with van der Waals surface area (Å²) in [5.41, 5.74) is 1.26. The number of benzene rings is 2. The summed E-state index contributed by atoms with van der Waals surface area (Å²) in [4.78, 5) is 0. The number of halogens is 1. The van der Waals surface area contributed by atoms with Gasteiger partial charge in [0.1, 0.15) is 5.82 Å². The smallest absolute Gasteiger partial charge is 0.123 e. The van der Waals surface area contributed by atoms with Crippen LogP contribution in [0.1, 0.15) is 31.0 Å². The van der Waals surface area contributed by atoms with Crippen LogP contribution in [0.2, 0.25) is 0 Å². The molecule has 0 bridgehead atoms. The number of hydrogen-bond donors (Lipinski definition) is 2. The Morgan fingerprint density at radius 3 is 2.10 bits per heavy atom. The summed E-state index contributed by atoms with van der Waals surface area (Å²) in [6, 6.07) is 16.3. The zero-order valence-electron chi connectivity index (χ0n) is 11.8. The Morgan fingerprint density at radius 2 is 1.55 bits per heavy atom. The Kier molecular flexibility index (Phi) is 4.53. The van der Waals surface area contributed by atoms with E-state index >= 15 is 0 Å². The molecule has 106 valence electrons. The van der Waals surface area contributed by atoms with Crippen molar-refractivity contribution in [3.8, 4) is 0 Å². The van der Waals surface area contributed by atoms with E-state index in [1.54, 1.807) is 26.0 Å². The highest BCUT2D eigenvalue weighted by Gasteiger charge is 2.18. The van der Waals surface area contributed by atoms with Crippen LogP contribution >= 0.6 is 0 Å². The van der Waals surface area contributed by atoms with E-state index in [0.717, 1.165) is 11.1 Å². The normalized spacial score (nSPS) is 13.2. The lowest BCUT2D eigenvalue weighted by Gasteiger charge is -2.25. The topological polar surface area (TPSA) is 32.3 Å². The van der Waals surface area contributed by atoms with Gasteiger partial charge in [-0.05, 0) is 37.1 Å². The SMILES string of the molecule is CC(C)(O)CNC(c1ccccc1)c1ccc(F)cc1. The van der Waals surface area contributed by atoms with Crippen LogP contribution in [0.15, 0.2) is 54.6 Å². The van der Waals surface area contributed by atoms with Crippen LogP contribution in [-0.4, -0.2) is 17.3 Å². The van der Waals surface area contributed by atoms with E-state index in [2.05, 4.69) is 5.32 Å². The van der Waals surface area contributed by atoms with Crippen LogP contribution < -0.4 is 5.32 Å². The zero-order valence-corrected chi connectivity index (χ0v) is 11.8. The lowest BCUT2D eigenvalue weighted by Crippen LogP contribution is -2.37. The molecule has 0 aromatic heterocycles. The maximum Gasteiger partial charge on any atom is 0.123 e. The van der Waals surface area contributed by atoms with E-state index in [0.29, 0.717) is 6.54 Å². The molecule has 0 saturated heterocycles. The van der Waals surface area contributed by atoms with Crippen molar-refractivity contribution in [1.82, 2.24) is 5.32 Å². The predicted octanol–water partition coefficient (Wildman–Crippen LogP) is 3.28. The fraction of sp³-hybridized carbons (Fsp3) is 0.294. The number of hydrogen-bond acceptors (Lipinski definition) is 2. The van der Waals surface area contributed by atoms with E-state index in [-0.39, 0.29) is 11.9 Å². The first-order valence-electron chi connectivity index (χ1n) is 6.72. The molecule has 0 saturated carbocycles. The third-order valence-corrected chi connectivity index (χ3v) is 3.08. The van der Waals surface area contributed by atoms with E-state index in [4.69, 9.17) is 0 Å². The first-order valence-corrected chi connectivity index (χ1v) is 6.72. The largest absolute Gasteiger partial charge is 0.389 e. The molecule has 3 heteroatoms. The third-order valence-electron chi connectivity index (χ3n) is 3.08. The molecule has 2 nitrogen and oxygen atoms in total. The maximum atomic E-state index is 13.1. The molecule has 20 heavy (non-hydrogen) atoms. The van der Waals surface area contributed by atoms with Gasteiger partial charge in [-0.1, -0.05) is 42.5 Å². The first-order chi connectivity index (χ1) is 9.46. The molecule has 2 N–H and O–H groups in total. The van der Waals surface area contributed by atoms with E-state index in [1.165, 1.54) is 12.1 Å².